The van der Waals surface area contributed by atoms with Gasteiger partial charge in [0, 0.05) is 12.0 Å². The molecular formula is C13H13NO5. The fourth-order valence-electron chi connectivity index (χ4n) is 1.74. The third-order valence-electron chi connectivity index (χ3n) is 2.66. The highest BCUT2D eigenvalue weighted by molar-refractivity contribution is 6.04. The van der Waals surface area contributed by atoms with Crippen LogP contribution in [0.4, 0.5) is 0 Å². The van der Waals surface area contributed by atoms with E-state index in [1.165, 1.54) is 12.1 Å². The van der Waals surface area contributed by atoms with Gasteiger partial charge in [-0.2, -0.15) is 0 Å². The first kappa shape index (κ1) is 13.1. The molecule has 1 aromatic rings. The largest absolute Gasteiger partial charge is 0.478 e. The molecule has 1 aromatic carbocycles. The van der Waals surface area contributed by atoms with E-state index in [0.717, 1.165) is 0 Å². The minimum atomic E-state index is -1.01. The molecule has 0 saturated carbocycles. The summed E-state index contributed by atoms with van der Waals surface area (Å²) in [4.78, 5) is 27.4. The van der Waals surface area contributed by atoms with Crippen LogP contribution in [0.25, 0.3) is 0 Å². The van der Waals surface area contributed by atoms with Gasteiger partial charge in [-0.3, -0.25) is 0 Å². The standard InChI is InChI=1S/C13H13NO5/c1-2-18-13(17)11-7-10(14-19-11)8-4-3-5-9(6-8)12(15)16/h3-6,11H,2,7H2,1H3,(H,15,16). The predicted octanol–water partition coefficient (Wildman–Crippen LogP) is 1.44. The van der Waals surface area contributed by atoms with Gasteiger partial charge in [-0.15, -0.1) is 0 Å². The van der Waals surface area contributed by atoms with Crippen LogP contribution in [0.3, 0.4) is 0 Å². The average Bonchev–Trinajstić information content (AvgIpc) is 2.89. The molecule has 0 radical (unpaired) electrons. The topological polar surface area (TPSA) is 85.2 Å². The number of carbonyl (C=O) groups excluding carboxylic acids is 1. The fraction of sp³-hybridized carbons (Fsp3) is 0.308. The second-order valence-electron chi connectivity index (χ2n) is 3.97. The Kier molecular flexibility index (Phi) is 3.79. The van der Waals surface area contributed by atoms with Crippen LogP contribution in [0.1, 0.15) is 29.3 Å². The normalized spacial score (nSPS) is 17.5. The monoisotopic (exact) mass is 263 g/mol. The lowest BCUT2D eigenvalue weighted by Crippen LogP contribution is -2.23. The lowest BCUT2D eigenvalue weighted by atomic mass is 10.0. The van der Waals surface area contributed by atoms with E-state index in [-0.39, 0.29) is 18.6 Å². The highest BCUT2D eigenvalue weighted by Crippen LogP contribution is 2.18. The number of carboxylic acid groups (broad SMARTS) is 1. The third kappa shape index (κ3) is 2.90. The minimum absolute atomic E-state index is 0.166. The Labute approximate surface area is 109 Å². The number of carboxylic acids is 1. The number of ether oxygens (including phenoxy) is 1. The smallest absolute Gasteiger partial charge is 0.350 e. The van der Waals surface area contributed by atoms with E-state index < -0.39 is 18.0 Å². The minimum Gasteiger partial charge on any atom is -0.478 e. The van der Waals surface area contributed by atoms with Crippen LogP contribution in [0.5, 0.6) is 0 Å². The van der Waals surface area contributed by atoms with Crippen molar-refractivity contribution in [2.45, 2.75) is 19.4 Å². The number of rotatable bonds is 4. The molecule has 0 spiro atoms. The van der Waals surface area contributed by atoms with Crippen LogP contribution >= 0.6 is 0 Å². The van der Waals surface area contributed by atoms with Crippen molar-refractivity contribution >= 4 is 17.7 Å². The molecule has 2 rings (SSSR count). The van der Waals surface area contributed by atoms with Gasteiger partial charge in [-0.1, -0.05) is 17.3 Å². The maximum atomic E-state index is 11.5. The van der Waals surface area contributed by atoms with E-state index in [2.05, 4.69) is 5.16 Å². The maximum Gasteiger partial charge on any atom is 0.350 e. The van der Waals surface area contributed by atoms with Crippen LogP contribution in [0.2, 0.25) is 0 Å². The number of benzene rings is 1. The first-order valence-electron chi connectivity index (χ1n) is 5.85. The molecule has 0 fully saturated rings. The van der Waals surface area contributed by atoms with E-state index in [1.807, 2.05) is 0 Å². The molecule has 0 saturated heterocycles. The highest BCUT2D eigenvalue weighted by atomic mass is 16.7. The zero-order chi connectivity index (χ0) is 13.8. The summed E-state index contributed by atoms with van der Waals surface area (Å²) in [5.74, 6) is -1.47. The first-order valence-corrected chi connectivity index (χ1v) is 5.85. The Balaban J connectivity index is 2.10. The summed E-state index contributed by atoms with van der Waals surface area (Å²) in [5, 5.41) is 12.7. The van der Waals surface area contributed by atoms with Crippen molar-refractivity contribution in [3.05, 3.63) is 35.4 Å². The summed E-state index contributed by atoms with van der Waals surface area (Å²) >= 11 is 0. The Morgan fingerprint density at radius 1 is 1.53 bits per heavy atom. The van der Waals surface area contributed by atoms with Gasteiger partial charge in [0.25, 0.3) is 0 Å². The molecule has 1 heterocycles. The van der Waals surface area contributed by atoms with Crippen molar-refractivity contribution < 1.29 is 24.3 Å². The van der Waals surface area contributed by atoms with E-state index >= 15 is 0 Å². The number of hydrogen-bond acceptors (Lipinski definition) is 5. The number of aromatic carboxylic acids is 1. The zero-order valence-electron chi connectivity index (χ0n) is 10.3. The number of oxime groups is 1. The molecule has 1 aliphatic heterocycles. The van der Waals surface area contributed by atoms with Gasteiger partial charge in [-0.25, -0.2) is 9.59 Å². The summed E-state index contributed by atoms with van der Waals surface area (Å²) in [6.45, 7) is 1.99. The summed E-state index contributed by atoms with van der Waals surface area (Å²) < 4.78 is 4.84. The van der Waals surface area contributed by atoms with Crippen molar-refractivity contribution in [3.8, 4) is 0 Å². The molecule has 0 aliphatic carbocycles. The van der Waals surface area contributed by atoms with Gasteiger partial charge in [0.1, 0.15) is 0 Å². The maximum absolute atomic E-state index is 11.5. The molecular weight excluding hydrogens is 250 g/mol. The second kappa shape index (κ2) is 5.51. The Morgan fingerprint density at radius 2 is 2.32 bits per heavy atom. The Bertz CT molecular complexity index is 538. The van der Waals surface area contributed by atoms with Gasteiger partial charge < -0.3 is 14.7 Å². The molecule has 6 heteroatoms. The van der Waals surface area contributed by atoms with Crippen molar-refractivity contribution in [2.24, 2.45) is 5.16 Å². The predicted molar refractivity (Wildman–Crippen MR) is 66.1 cm³/mol. The molecule has 0 bridgehead atoms. The third-order valence-corrected chi connectivity index (χ3v) is 2.66. The molecule has 0 aromatic heterocycles. The molecule has 1 unspecified atom stereocenters. The van der Waals surface area contributed by atoms with Gasteiger partial charge in [0.2, 0.25) is 6.10 Å². The van der Waals surface area contributed by atoms with E-state index in [1.54, 1.807) is 19.1 Å². The Morgan fingerprint density at radius 3 is 3.00 bits per heavy atom. The van der Waals surface area contributed by atoms with E-state index in [9.17, 15) is 9.59 Å². The van der Waals surface area contributed by atoms with Crippen molar-refractivity contribution in [3.63, 3.8) is 0 Å². The number of hydrogen-bond donors (Lipinski definition) is 1. The lowest BCUT2D eigenvalue weighted by molar-refractivity contribution is -0.154. The van der Waals surface area contributed by atoms with Crippen LogP contribution in [-0.4, -0.2) is 35.5 Å². The number of nitrogens with zero attached hydrogens (tertiary/aromatic N) is 1. The fourth-order valence-corrected chi connectivity index (χ4v) is 1.74. The van der Waals surface area contributed by atoms with E-state index in [4.69, 9.17) is 14.7 Å². The molecule has 1 N–H and O–H groups in total. The molecule has 6 nitrogen and oxygen atoms in total. The molecule has 100 valence electrons. The van der Waals surface area contributed by atoms with Gasteiger partial charge >= 0.3 is 11.9 Å². The molecule has 1 aliphatic rings. The summed E-state index contributed by atoms with van der Waals surface area (Å²) in [6, 6.07) is 6.34. The molecule has 19 heavy (non-hydrogen) atoms. The van der Waals surface area contributed by atoms with Crippen LogP contribution in [-0.2, 0) is 14.4 Å². The second-order valence-corrected chi connectivity index (χ2v) is 3.97. The van der Waals surface area contributed by atoms with E-state index in [0.29, 0.717) is 11.3 Å². The van der Waals surface area contributed by atoms with Gasteiger partial charge in [0.05, 0.1) is 17.9 Å². The number of esters is 1. The highest BCUT2D eigenvalue weighted by Gasteiger charge is 2.30. The van der Waals surface area contributed by atoms with Gasteiger partial charge in [-0.05, 0) is 19.1 Å². The Hall–Kier alpha value is -2.37. The summed E-state index contributed by atoms with van der Waals surface area (Å²) in [6.07, 6.45) is -0.467. The summed E-state index contributed by atoms with van der Waals surface area (Å²) in [7, 11) is 0. The molecule has 1 atom stereocenters. The van der Waals surface area contributed by atoms with Crippen molar-refractivity contribution in [1.29, 1.82) is 0 Å². The quantitative estimate of drug-likeness (QED) is 0.831. The van der Waals surface area contributed by atoms with Crippen LogP contribution < -0.4 is 0 Å². The first-order chi connectivity index (χ1) is 9.11. The number of carbonyl (C=O) groups is 2. The molecule has 0 amide bonds. The lowest BCUT2D eigenvalue weighted by Gasteiger charge is -2.06. The van der Waals surface area contributed by atoms with Crippen LogP contribution in [0, 0.1) is 0 Å². The van der Waals surface area contributed by atoms with Crippen molar-refractivity contribution in [1.82, 2.24) is 0 Å². The SMILES string of the molecule is CCOC(=O)C1CC(c2cccc(C(=O)O)c2)=NO1. The van der Waals surface area contributed by atoms with Gasteiger partial charge in [0.15, 0.2) is 0 Å². The average molecular weight is 263 g/mol. The summed E-state index contributed by atoms with van der Waals surface area (Å²) in [5.41, 5.74) is 1.34. The van der Waals surface area contributed by atoms with Crippen molar-refractivity contribution in [2.75, 3.05) is 6.61 Å². The van der Waals surface area contributed by atoms with Crippen LogP contribution in [0.15, 0.2) is 29.4 Å². The zero-order valence-corrected chi connectivity index (χ0v) is 10.3.